The first kappa shape index (κ1) is 22.7. The molecule has 1 amide bonds. The van der Waals surface area contributed by atoms with Crippen LogP contribution in [0.3, 0.4) is 0 Å². The number of methoxy groups -OCH3 is 2. The van der Waals surface area contributed by atoms with E-state index in [1.807, 2.05) is 12.1 Å². The number of benzene rings is 2. The van der Waals surface area contributed by atoms with Crippen molar-refractivity contribution in [1.29, 1.82) is 0 Å². The van der Waals surface area contributed by atoms with Gasteiger partial charge in [-0.1, -0.05) is 11.6 Å². The number of piperazine rings is 1. The second-order valence-electron chi connectivity index (χ2n) is 7.71. The maximum Gasteiger partial charge on any atom is 0.247 e. The summed E-state index contributed by atoms with van der Waals surface area (Å²) in [6.45, 7) is 1.31. The number of halogens is 1. The minimum atomic E-state index is -3.81. The molecule has 0 N–H and O–H groups in total. The molecule has 0 aliphatic carbocycles. The molecular formula is C22H25ClN2O6S. The minimum Gasteiger partial charge on any atom is -0.497 e. The Hall–Kier alpha value is -2.49. The molecule has 172 valence electrons. The first-order chi connectivity index (χ1) is 15.3. The number of carbonyl (C=O) groups excluding carboxylic acids is 1. The molecule has 8 nitrogen and oxygen atoms in total. The molecular weight excluding hydrogens is 456 g/mol. The van der Waals surface area contributed by atoms with Crippen LogP contribution in [0, 0.1) is 5.92 Å². The van der Waals surface area contributed by atoms with Crippen LogP contribution < -0.4 is 14.2 Å². The van der Waals surface area contributed by atoms with E-state index in [1.165, 1.54) is 24.6 Å². The number of sulfonamides is 1. The highest BCUT2D eigenvalue weighted by Crippen LogP contribution is 2.32. The van der Waals surface area contributed by atoms with Gasteiger partial charge in [0.15, 0.2) is 0 Å². The van der Waals surface area contributed by atoms with Crippen LogP contribution in [-0.2, 0) is 21.2 Å². The molecule has 0 bridgehead atoms. The van der Waals surface area contributed by atoms with Gasteiger partial charge in [-0.05, 0) is 42.3 Å². The predicted molar refractivity (Wildman–Crippen MR) is 119 cm³/mol. The Labute approximate surface area is 192 Å². The van der Waals surface area contributed by atoms with Crippen molar-refractivity contribution >= 4 is 27.5 Å². The molecule has 10 heteroatoms. The van der Waals surface area contributed by atoms with Crippen LogP contribution >= 0.6 is 11.6 Å². The Kier molecular flexibility index (Phi) is 6.50. The molecule has 2 heterocycles. The van der Waals surface area contributed by atoms with Crippen LogP contribution in [-0.4, -0.2) is 70.5 Å². The summed E-state index contributed by atoms with van der Waals surface area (Å²) in [5, 5.41) is 0.604. The molecule has 0 spiro atoms. The zero-order valence-corrected chi connectivity index (χ0v) is 19.5. The van der Waals surface area contributed by atoms with E-state index in [1.54, 1.807) is 23.1 Å². The highest BCUT2D eigenvalue weighted by molar-refractivity contribution is 7.89. The van der Waals surface area contributed by atoms with Gasteiger partial charge in [0.1, 0.15) is 28.8 Å². The molecule has 32 heavy (non-hydrogen) atoms. The fraction of sp³-hybridized carbons (Fsp3) is 0.409. The Morgan fingerprint density at radius 2 is 1.81 bits per heavy atom. The molecule has 1 saturated heterocycles. The van der Waals surface area contributed by atoms with Gasteiger partial charge >= 0.3 is 0 Å². The Bertz CT molecular complexity index is 1120. The average Bonchev–Trinajstić information content (AvgIpc) is 2.82. The van der Waals surface area contributed by atoms with Crippen LogP contribution in [0.4, 0.5) is 0 Å². The van der Waals surface area contributed by atoms with Crippen molar-refractivity contribution in [2.45, 2.75) is 11.3 Å². The smallest absolute Gasteiger partial charge is 0.247 e. The zero-order chi connectivity index (χ0) is 22.9. The summed E-state index contributed by atoms with van der Waals surface area (Å²) in [7, 11) is -0.903. The van der Waals surface area contributed by atoms with E-state index in [4.69, 9.17) is 25.8 Å². The van der Waals surface area contributed by atoms with Crippen molar-refractivity contribution < 1.29 is 27.4 Å². The van der Waals surface area contributed by atoms with Crippen molar-refractivity contribution in [2.75, 3.05) is 47.0 Å². The van der Waals surface area contributed by atoms with Gasteiger partial charge in [0.2, 0.25) is 15.9 Å². The number of nitrogens with zero attached hydrogens (tertiary/aromatic N) is 2. The summed E-state index contributed by atoms with van der Waals surface area (Å²) in [5.41, 5.74) is 0.911. The van der Waals surface area contributed by atoms with Gasteiger partial charge in [-0.2, -0.15) is 4.31 Å². The molecule has 2 aromatic rings. The van der Waals surface area contributed by atoms with Crippen LogP contribution in [0.5, 0.6) is 17.2 Å². The Morgan fingerprint density at radius 3 is 2.50 bits per heavy atom. The zero-order valence-electron chi connectivity index (χ0n) is 17.9. The molecule has 0 unspecified atom stereocenters. The van der Waals surface area contributed by atoms with E-state index in [2.05, 4.69) is 0 Å². The van der Waals surface area contributed by atoms with E-state index in [0.717, 1.165) is 11.3 Å². The third-order valence-electron chi connectivity index (χ3n) is 5.82. The highest BCUT2D eigenvalue weighted by atomic mass is 35.5. The normalized spacial score (nSPS) is 19.1. The fourth-order valence-corrected chi connectivity index (χ4v) is 5.84. The van der Waals surface area contributed by atoms with Gasteiger partial charge in [0.05, 0.1) is 20.1 Å². The number of carbonyl (C=O) groups is 1. The lowest BCUT2D eigenvalue weighted by atomic mass is 9.95. The number of hydrogen-bond donors (Lipinski definition) is 0. The second-order valence-corrected chi connectivity index (χ2v) is 10.1. The second kappa shape index (κ2) is 9.17. The number of rotatable bonds is 5. The van der Waals surface area contributed by atoms with Gasteiger partial charge < -0.3 is 19.1 Å². The minimum absolute atomic E-state index is 0.0355. The van der Waals surface area contributed by atoms with Gasteiger partial charge in [-0.3, -0.25) is 4.79 Å². The summed E-state index contributed by atoms with van der Waals surface area (Å²) in [6.07, 6.45) is 0.550. The number of amides is 1. The summed E-state index contributed by atoms with van der Waals surface area (Å²) < 4.78 is 44.0. The lowest BCUT2D eigenvalue weighted by Crippen LogP contribution is -2.52. The Balaban J connectivity index is 1.43. The third kappa shape index (κ3) is 4.37. The van der Waals surface area contributed by atoms with E-state index < -0.39 is 10.0 Å². The topological polar surface area (TPSA) is 85.4 Å². The quantitative estimate of drug-likeness (QED) is 0.653. The van der Waals surface area contributed by atoms with Crippen LogP contribution in [0.1, 0.15) is 5.56 Å². The first-order valence-corrected chi connectivity index (χ1v) is 12.1. The van der Waals surface area contributed by atoms with E-state index in [-0.39, 0.29) is 35.6 Å². The van der Waals surface area contributed by atoms with E-state index in [0.29, 0.717) is 36.9 Å². The predicted octanol–water partition coefficient (Wildman–Crippen LogP) is 2.44. The SMILES string of the molecule is COc1ccc(OC)c(S(=O)(=O)N2CCN(C(=O)[C@@H]3COc4ccc(Cl)cc4C3)CC2)c1. The molecule has 4 rings (SSSR count). The van der Waals surface area contributed by atoms with Crippen LogP contribution in [0.2, 0.25) is 5.02 Å². The molecule has 1 fully saturated rings. The summed E-state index contributed by atoms with van der Waals surface area (Å²) in [6, 6.07) is 10.1. The lowest BCUT2D eigenvalue weighted by Gasteiger charge is -2.36. The lowest BCUT2D eigenvalue weighted by molar-refractivity contribution is -0.138. The van der Waals surface area contributed by atoms with Crippen molar-refractivity contribution in [3.05, 3.63) is 47.0 Å². The van der Waals surface area contributed by atoms with Crippen molar-refractivity contribution in [3.8, 4) is 17.2 Å². The molecule has 0 radical (unpaired) electrons. The molecule has 0 aromatic heterocycles. The third-order valence-corrected chi connectivity index (χ3v) is 7.97. The van der Waals surface area contributed by atoms with E-state index >= 15 is 0 Å². The first-order valence-electron chi connectivity index (χ1n) is 10.3. The molecule has 1 atom stereocenters. The molecule has 2 aliphatic heterocycles. The summed E-state index contributed by atoms with van der Waals surface area (Å²) in [4.78, 5) is 14.8. The fourth-order valence-electron chi connectivity index (χ4n) is 4.05. The highest BCUT2D eigenvalue weighted by Gasteiger charge is 2.35. The van der Waals surface area contributed by atoms with Crippen LogP contribution in [0.25, 0.3) is 0 Å². The maximum absolute atomic E-state index is 13.2. The molecule has 2 aliphatic rings. The maximum atomic E-state index is 13.2. The number of hydrogen-bond acceptors (Lipinski definition) is 6. The summed E-state index contributed by atoms with van der Waals surface area (Å²) >= 11 is 6.07. The summed E-state index contributed by atoms with van der Waals surface area (Å²) in [5.74, 6) is 1.08. The van der Waals surface area contributed by atoms with Gasteiger partial charge in [0, 0.05) is 37.3 Å². The van der Waals surface area contributed by atoms with Gasteiger partial charge in [-0.15, -0.1) is 0 Å². The standard InChI is InChI=1S/C22H25ClN2O6S/c1-29-18-4-6-20(30-2)21(13-18)32(27,28)25-9-7-24(8-10-25)22(26)16-11-15-12-17(23)3-5-19(15)31-14-16/h3-6,12-13,16H,7-11,14H2,1-2H3/t16-/m0/s1. The number of fused-ring (bicyclic) bond motifs is 1. The van der Waals surface area contributed by atoms with Crippen molar-refractivity contribution in [3.63, 3.8) is 0 Å². The largest absolute Gasteiger partial charge is 0.497 e. The number of ether oxygens (including phenoxy) is 3. The van der Waals surface area contributed by atoms with Crippen molar-refractivity contribution in [2.24, 2.45) is 5.92 Å². The van der Waals surface area contributed by atoms with Gasteiger partial charge in [-0.25, -0.2) is 8.42 Å². The van der Waals surface area contributed by atoms with Crippen molar-refractivity contribution in [1.82, 2.24) is 9.21 Å². The average molecular weight is 481 g/mol. The van der Waals surface area contributed by atoms with E-state index in [9.17, 15) is 13.2 Å². The van der Waals surface area contributed by atoms with Crippen LogP contribution in [0.15, 0.2) is 41.3 Å². The molecule has 2 aromatic carbocycles. The Morgan fingerprint density at radius 1 is 1.06 bits per heavy atom. The monoisotopic (exact) mass is 480 g/mol. The molecule has 0 saturated carbocycles. The van der Waals surface area contributed by atoms with Gasteiger partial charge in [0.25, 0.3) is 0 Å².